The highest BCUT2D eigenvalue weighted by Gasteiger charge is 2.34. The number of halogens is 3. The Hall–Kier alpha value is -1.59. The largest absolute Gasteiger partial charge is 0.248 e. The molecular weight excluding hydrogens is 293 g/mol. The number of nitrogens with zero attached hydrogens (tertiary/aromatic N) is 2. The minimum Gasteiger partial charge on any atom is -0.207 e. The molecule has 0 aromatic heterocycles. The first kappa shape index (κ1) is 14.8. The normalized spacial score (nSPS) is 17.9. The first-order valence-corrected chi connectivity index (χ1v) is 7.34. The molecule has 0 N–H and O–H groups in total. The van der Waals surface area contributed by atoms with Crippen LogP contribution in [0.1, 0.15) is 12.8 Å². The van der Waals surface area contributed by atoms with E-state index in [2.05, 4.69) is 0 Å². The zero-order valence-electron chi connectivity index (χ0n) is 10.3. The summed E-state index contributed by atoms with van der Waals surface area (Å²) in [4.78, 5) is -1.14. The van der Waals surface area contributed by atoms with E-state index in [1.54, 1.807) is 0 Å². The Balaban J connectivity index is 2.35. The van der Waals surface area contributed by atoms with E-state index in [9.17, 15) is 21.6 Å². The van der Waals surface area contributed by atoms with Crippen LogP contribution in [0.4, 0.5) is 13.2 Å². The highest BCUT2D eigenvalue weighted by Crippen LogP contribution is 2.27. The zero-order chi connectivity index (χ0) is 14.9. The molecule has 0 spiro atoms. The third-order valence-electron chi connectivity index (χ3n) is 3.20. The van der Waals surface area contributed by atoms with E-state index < -0.39 is 32.4 Å². The summed E-state index contributed by atoms with van der Waals surface area (Å²) in [6.45, 7) is 0.0215. The Labute approximate surface area is 114 Å². The van der Waals surface area contributed by atoms with Crippen LogP contribution in [0.25, 0.3) is 0 Å². The molecule has 0 saturated carbocycles. The van der Waals surface area contributed by atoms with Crippen LogP contribution < -0.4 is 0 Å². The molecule has 1 aliphatic heterocycles. The van der Waals surface area contributed by atoms with E-state index in [0.717, 1.165) is 4.31 Å². The molecule has 1 heterocycles. The van der Waals surface area contributed by atoms with Crippen molar-refractivity contribution in [3.05, 3.63) is 29.6 Å². The van der Waals surface area contributed by atoms with Gasteiger partial charge < -0.3 is 0 Å². The monoisotopic (exact) mass is 304 g/mol. The molecule has 0 atom stereocenters. The van der Waals surface area contributed by atoms with E-state index in [-0.39, 0.29) is 19.0 Å². The SMILES string of the molecule is N#CC1CCN(S(=O)(=O)c2c(F)cc(F)cc2F)CC1. The Morgan fingerprint density at radius 1 is 1.15 bits per heavy atom. The van der Waals surface area contributed by atoms with Gasteiger partial charge in [0.15, 0.2) is 4.90 Å². The molecule has 1 aromatic rings. The Morgan fingerprint density at radius 3 is 2.10 bits per heavy atom. The van der Waals surface area contributed by atoms with Gasteiger partial charge in [-0.25, -0.2) is 21.6 Å². The highest BCUT2D eigenvalue weighted by atomic mass is 32.2. The van der Waals surface area contributed by atoms with Crippen LogP contribution in [0.3, 0.4) is 0 Å². The third kappa shape index (κ3) is 2.64. The average molecular weight is 304 g/mol. The van der Waals surface area contributed by atoms with E-state index in [0.29, 0.717) is 25.0 Å². The summed E-state index contributed by atoms with van der Waals surface area (Å²) in [5.41, 5.74) is 0. The molecular formula is C12H11F3N2O2S. The number of rotatable bonds is 2. The van der Waals surface area contributed by atoms with Crippen LogP contribution in [0.2, 0.25) is 0 Å². The van der Waals surface area contributed by atoms with E-state index in [4.69, 9.17) is 5.26 Å². The van der Waals surface area contributed by atoms with Gasteiger partial charge in [-0.05, 0) is 12.8 Å². The predicted molar refractivity (Wildman–Crippen MR) is 63.4 cm³/mol. The molecule has 1 aromatic carbocycles. The summed E-state index contributed by atoms with van der Waals surface area (Å²) >= 11 is 0. The summed E-state index contributed by atoms with van der Waals surface area (Å²) in [5, 5.41) is 8.74. The Bertz CT molecular complexity index is 639. The van der Waals surface area contributed by atoms with Crippen LogP contribution in [-0.4, -0.2) is 25.8 Å². The third-order valence-corrected chi connectivity index (χ3v) is 5.15. The van der Waals surface area contributed by atoms with Gasteiger partial charge in [-0.1, -0.05) is 0 Å². The van der Waals surface area contributed by atoms with Crippen molar-refractivity contribution in [2.75, 3.05) is 13.1 Å². The van der Waals surface area contributed by atoms with Gasteiger partial charge in [0.2, 0.25) is 10.0 Å². The van der Waals surface area contributed by atoms with Gasteiger partial charge in [0.05, 0.1) is 6.07 Å². The standard InChI is InChI=1S/C12H11F3N2O2S/c13-9-5-10(14)12(11(15)6-9)20(18,19)17-3-1-8(7-16)2-4-17/h5-6,8H,1-4H2. The number of hydrogen-bond donors (Lipinski definition) is 0. The maximum atomic E-state index is 13.6. The lowest BCUT2D eigenvalue weighted by Crippen LogP contribution is -2.39. The molecule has 8 heteroatoms. The summed E-state index contributed by atoms with van der Waals surface area (Å²) in [6, 6.07) is 2.69. The number of hydrogen-bond acceptors (Lipinski definition) is 3. The second-order valence-corrected chi connectivity index (χ2v) is 6.38. The fourth-order valence-electron chi connectivity index (χ4n) is 2.13. The van der Waals surface area contributed by atoms with Gasteiger partial charge in [0, 0.05) is 31.1 Å². The fraction of sp³-hybridized carbons (Fsp3) is 0.417. The van der Waals surface area contributed by atoms with Crippen molar-refractivity contribution in [1.29, 1.82) is 5.26 Å². The summed E-state index contributed by atoms with van der Waals surface area (Å²) in [5.74, 6) is -4.35. The Morgan fingerprint density at radius 2 is 1.65 bits per heavy atom. The van der Waals surface area contributed by atoms with Crippen LogP contribution in [0, 0.1) is 34.7 Å². The first-order valence-electron chi connectivity index (χ1n) is 5.90. The van der Waals surface area contributed by atoms with Gasteiger partial charge in [-0.2, -0.15) is 9.57 Å². The zero-order valence-corrected chi connectivity index (χ0v) is 11.1. The van der Waals surface area contributed by atoms with Crippen LogP contribution >= 0.6 is 0 Å². The molecule has 0 amide bonds. The lowest BCUT2D eigenvalue weighted by Gasteiger charge is -2.28. The maximum Gasteiger partial charge on any atom is 0.248 e. The van der Waals surface area contributed by atoms with Crippen LogP contribution in [0.5, 0.6) is 0 Å². The van der Waals surface area contributed by atoms with Gasteiger partial charge in [-0.15, -0.1) is 0 Å². The molecule has 1 fully saturated rings. The molecule has 1 aliphatic rings. The van der Waals surface area contributed by atoms with Crippen molar-refractivity contribution in [1.82, 2.24) is 4.31 Å². The number of sulfonamides is 1. The molecule has 4 nitrogen and oxygen atoms in total. The number of benzene rings is 1. The molecule has 0 aliphatic carbocycles. The van der Waals surface area contributed by atoms with Gasteiger partial charge >= 0.3 is 0 Å². The molecule has 0 unspecified atom stereocenters. The lowest BCUT2D eigenvalue weighted by atomic mass is 10.0. The molecule has 20 heavy (non-hydrogen) atoms. The minimum absolute atomic E-state index is 0.0107. The maximum absolute atomic E-state index is 13.6. The summed E-state index contributed by atoms with van der Waals surface area (Å²) < 4.78 is 65.2. The molecule has 1 saturated heterocycles. The van der Waals surface area contributed by atoms with Crippen molar-refractivity contribution >= 4 is 10.0 Å². The van der Waals surface area contributed by atoms with Crippen molar-refractivity contribution in [2.45, 2.75) is 17.7 Å². The second-order valence-electron chi connectivity index (χ2n) is 4.51. The van der Waals surface area contributed by atoms with Gasteiger partial charge in [0.1, 0.15) is 17.5 Å². The molecule has 2 rings (SSSR count). The van der Waals surface area contributed by atoms with Gasteiger partial charge in [0.25, 0.3) is 0 Å². The van der Waals surface area contributed by atoms with E-state index in [1.165, 1.54) is 0 Å². The van der Waals surface area contributed by atoms with Crippen molar-refractivity contribution in [2.24, 2.45) is 5.92 Å². The second kappa shape index (κ2) is 5.42. The van der Waals surface area contributed by atoms with Crippen molar-refractivity contribution < 1.29 is 21.6 Å². The topological polar surface area (TPSA) is 61.2 Å². The fourth-order valence-corrected chi connectivity index (χ4v) is 3.69. The van der Waals surface area contributed by atoms with Crippen LogP contribution in [-0.2, 0) is 10.0 Å². The molecule has 0 radical (unpaired) electrons. The van der Waals surface area contributed by atoms with Crippen molar-refractivity contribution in [3.8, 4) is 6.07 Å². The highest BCUT2D eigenvalue weighted by molar-refractivity contribution is 7.89. The van der Waals surface area contributed by atoms with Gasteiger partial charge in [-0.3, -0.25) is 0 Å². The van der Waals surface area contributed by atoms with E-state index in [1.807, 2.05) is 6.07 Å². The predicted octanol–water partition coefficient (Wildman–Crippen LogP) is 2.03. The number of piperidine rings is 1. The number of nitriles is 1. The molecule has 0 bridgehead atoms. The molecule has 108 valence electrons. The Kier molecular flexibility index (Phi) is 4.01. The average Bonchev–Trinajstić information content (AvgIpc) is 2.37. The smallest absolute Gasteiger partial charge is 0.207 e. The first-order chi connectivity index (χ1) is 9.36. The minimum atomic E-state index is -4.36. The quantitative estimate of drug-likeness (QED) is 0.840. The lowest BCUT2D eigenvalue weighted by molar-refractivity contribution is 0.307. The van der Waals surface area contributed by atoms with E-state index >= 15 is 0 Å². The van der Waals surface area contributed by atoms with Crippen LogP contribution in [0.15, 0.2) is 17.0 Å². The van der Waals surface area contributed by atoms with Crippen molar-refractivity contribution in [3.63, 3.8) is 0 Å². The summed E-state index contributed by atoms with van der Waals surface area (Å²) in [6.07, 6.45) is 0.611. The summed E-state index contributed by atoms with van der Waals surface area (Å²) in [7, 11) is -4.36.